The molecule has 0 bridgehead atoms. The van der Waals surface area contributed by atoms with E-state index in [1.807, 2.05) is 44.2 Å². The van der Waals surface area contributed by atoms with Gasteiger partial charge >= 0.3 is 5.97 Å². The zero-order valence-corrected chi connectivity index (χ0v) is 19.6. The lowest BCUT2D eigenvalue weighted by Crippen LogP contribution is -2.26. The molecule has 7 nitrogen and oxygen atoms in total. The molecule has 2 heterocycles. The molecule has 1 N–H and O–H groups in total. The number of fused-ring (bicyclic) bond motifs is 1. The summed E-state index contributed by atoms with van der Waals surface area (Å²) in [5, 5.41) is 9.42. The summed E-state index contributed by atoms with van der Waals surface area (Å²) in [7, 11) is 1.68. The lowest BCUT2D eigenvalue weighted by Gasteiger charge is -2.10. The van der Waals surface area contributed by atoms with Gasteiger partial charge in [-0.3, -0.25) is 14.3 Å². The first-order chi connectivity index (χ1) is 15.8. The topological polar surface area (TPSA) is 90.3 Å². The van der Waals surface area contributed by atoms with Crippen LogP contribution in [0, 0.1) is 13.8 Å². The highest BCUT2D eigenvalue weighted by Crippen LogP contribution is 2.36. The van der Waals surface area contributed by atoms with Crippen LogP contribution in [0.25, 0.3) is 22.0 Å². The number of esters is 1. The normalized spacial score (nSPS) is 10.9. The average molecular weight is 462 g/mol. The molecule has 2 aromatic heterocycles. The molecule has 0 atom stereocenters. The number of rotatable bonds is 5. The van der Waals surface area contributed by atoms with Gasteiger partial charge in [0.15, 0.2) is 5.69 Å². The molecule has 4 aromatic rings. The number of ether oxygens (including phenoxy) is 1. The Bertz CT molecular complexity index is 1430. The van der Waals surface area contributed by atoms with Crippen LogP contribution in [0.1, 0.15) is 38.9 Å². The molecule has 4 rings (SSSR count). The van der Waals surface area contributed by atoms with Crippen LogP contribution in [-0.2, 0) is 11.8 Å². The third-order valence-corrected chi connectivity index (χ3v) is 6.18. The Kier molecular flexibility index (Phi) is 6.11. The van der Waals surface area contributed by atoms with E-state index in [0.29, 0.717) is 21.5 Å². The predicted molar refractivity (Wildman–Crippen MR) is 130 cm³/mol. The number of carbonyl (C=O) groups excluding carboxylic acids is 2. The Balaban J connectivity index is 1.77. The zero-order chi connectivity index (χ0) is 23.7. The standard InChI is InChI=1S/C25H23N3O4S/c1-5-32-25(31)20-18(16-9-6-14(2)7-10-16)13-33-24(20)26-23(30)21-22(29)17-12-15(3)8-11-19(17)28(4)27-21/h6-13H,5H2,1-4H3,(H,26,30). The van der Waals surface area contributed by atoms with E-state index in [9.17, 15) is 14.4 Å². The molecule has 2 aromatic carbocycles. The number of benzene rings is 2. The second kappa shape index (κ2) is 8.99. The van der Waals surface area contributed by atoms with Gasteiger partial charge in [0, 0.05) is 18.0 Å². The molecule has 33 heavy (non-hydrogen) atoms. The summed E-state index contributed by atoms with van der Waals surface area (Å²) in [5.41, 5.74) is 3.67. The third kappa shape index (κ3) is 4.29. The molecular weight excluding hydrogens is 438 g/mol. The zero-order valence-electron chi connectivity index (χ0n) is 18.8. The summed E-state index contributed by atoms with van der Waals surface area (Å²) in [6.45, 7) is 5.77. The summed E-state index contributed by atoms with van der Waals surface area (Å²) in [4.78, 5) is 38.9. The molecule has 0 spiro atoms. The molecule has 0 saturated carbocycles. The van der Waals surface area contributed by atoms with E-state index in [1.165, 1.54) is 16.0 Å². The number of carbonyl (C=O) groups is 2. The summed E-state index contributed by atoms with van der Waals surface area (Å²) < 4.78 is 6.75. The number of nitrogens with zero attached hydrogens (tertiary/aromatic N) is 2. The Labute approximate surface area is 194 Å². The monoisotopic (exact) mass is 461 g/mol. The number of hydrogen-bond acceptors (Lipinski definition) is 6. The van der Waals surface area contributed by atoms with Gasteiger partial charge in [0.25, 0.3) is 5.91 Å². The molecule has 0 fully saturated rings. The molecule has 0 aliphatic carbocycles. The number of amides is 1. The van der Waals surface area contributed by atoms with Gasteiger partial charge in [-0.15, -0.1) is 11.3 Å². The SMILES string of the molecule is CCOC(=O)c1c(-c2ccc(C)cc2)csc1NC(=O)c1nn(C)c2ccc(C)cc2c1=O. The number of aromatic nitrogens is 2. The second-order valence-corrected chi connectivity index (χ2v) is 8.60. The average Bonchev–Trinajstić information content (AvgIpc) is 3.20. The Morgan fingerprint density at radius 3 is 2.48 bits per heavy atom. The summed E-state index contributed by atoms with van der Waals surface area (Å²) >= 11 is 1.20. The molecule has 0 radical (unpaired) electrons. The molecule has 0 saturated heterocycles. The van der Waals surface area contributed by atoms with Crippen LogP contribution in [0.15, 0.2) is 52.6 Å². The van der Waals surface area contributed by atoms with Gasteiger partial charge in [-0.25, -0.2) is 4.79 Å². The maximum Gasteiger partial charge on any atom is 0.341 e. The van der Waals surface area contributed by atoms with Crippen molar-refractivity contribution in [2.24, 2.45) is 7.05 Å². The number of nitrogens with one attached hydrogen (secondary N) is 1. The highest BCUT2D eigenvalue weighted by molar-refractivity contribution is 7.15. The minimum atomic E-state index is -0.679. The fourth-order valence-electron chi connectivity index (χ4n) is 3.60. The van der Waals surface area contributed by atoms with Crippen LogP contribution in [-0.4, -0.2) is 28.3 Å². The van der Waals surface area contributed by atoms with Crippen molar-refractivity contribution in [3.8, 4) is 11.1 Å². The summed E-state index contributed by atoms with van der Waals surface area (Å²) in [5.74, 6) is -1.22. The van der Waals surface area contributed by atoms with Crippen molar-refractivity contribution in [3.63, 3.8) is 0 Å². The number of aryl methyl sites for hydroxylation is 3. The van der Waals surface area contributed by atoms with E-state index in [-0.39, 0.29) is 17.9 Å². The van der Waals surface area contributed by atoms with Gasteiger partial charge in [-0.05, 0) is 38.5 Å². The van der Waals surface area contributed by atoms with Gasteiger partial charge in [0.05, 0.1) is 17.5 Å². The first-order valence-electron chi connectivity index (χ1n) is 10.4. The van der Waals surface area contributed by atoms with E-state index < -0.39 is 17.3 Å². The largest absolute Gasteiger partial charge is 0.462 e. The Morgan fingerprint density at radius 1 is 1.09 bits per heavy atom. The fraction of sp³-hybridized carbons (Fsp3) is 0.200. The van der Waals surface area contributed by atoms with E-state index in [2.05, 4.69) is 10.4 Å². The van der Waals surface area contributed by atoms with Crippen molar-refractivity contribution in [1.29, 1.82) is 0 Å². The minimum absolute atomic E-state index is 0.196. The van der Waals surface area contributed by atoms with E-state index in [1.54, 1.807) is 31.5 Å². The van der Waals surface area contributed by atoms with Crippen LogP contribution in [0.2, 0.25) is 0 Å². The molecule has 1 amide bonds. The van der Waals surface area contributed by atoms with Gasteiger partial charge < -0.3 is 10.1 Å². The quantitative estimate of drug-likeness (QED) is 0.435. The van der Waals surface area contributed by atoms with E-state index in [0.717, 1.165) is 16.7 Å². The van der Waals surface area contributed by atoms with Crippen molar-refractivity contribution >= 4 is 39.1 Å². The van der Waals surface area contributed by atoms with Gasteiger partial charge in [0.2, 0.25) is 5.43 Å². The molecule has 8 heteroatoms. The van der Waals surface area contributed by atoms with E-state index in [4.69, 9.17) is 4.74 Å². The Hall–Kier alpha value is -3.78. The van der Waals surface area contributed by atoms with Crippen molar-refractivity contribution in [3.05, 3.63) is 80.5 Å². The van der Waals surface area contributed by atoms with Crippen LogP contribution in [0.3, 0.4) is 0 Å². The summed E-state index contributed by atoms with van der Waals surface area (Å²) in [6.07, 6.45) is 0. The lowest BCUT2D eigenvalue weighted by atomic mass is 10.0. The van der Waals surface area contributed by atoms with Crippen molar-refractivity contribution < 1.29 is 14.3 Å². The number of anilines is 1. The summed E-state index contributed by atoms with van der Waals surface area (Å²) in [6, 6.07) is 13.1. The first-order valence-corrected chi connectivity index (χ1v) is 11.3. The lowest BCUT2D eigenvalue weighted by molar-refractivity contribution is 0.0529. The molecule has 0 unspecified atom stereocenters. The minimum Gasteiger partial charge on any atom is -0.462 e. The fourth-order valence-corrected chi connectivity index (χ4v) is 4.56. The van der Waals surface area contributed by atoms with Crippen LogP contribution in [0.4, 0.5) is 5.00 Å². The van der Waals surface area contributed by atoms with Gasteiger partial charge in [-0.1, -0.05) is 41.5 Å². The number of hydrogen-bond donors (Lipinski definition) is 1. The predicted octanol–water partition coefficient (Wildman–Crippen LogP) is 4.71. The molecule has 168 valence electrons. The van der Waals surface area contributed by atoms with E-state index >= 15 is 0 Å². The van der Waals surface area contributed by atoms with Crippen LogP contribution >= 0.6 is 11.3 Å². The highest BCUT2D eigenvalue weighted by atomic mass is 32.1. The maximum atomic E-state index is 13.1. The molecule has 0 aliphatic rings. The van der Waals surface area contributed by atoms with Crippen molar-refractivity contribution in [2.75, 3.05) is 11.9 Å². The van der Waals surface area contributed by atoms with Crippen LogP contribution < -0.4 is 10.7 Å². The van der Waals surface area contributed by atoms with Gasteiger partial charge in [-0.2, -0.15) is 5.10 Å². The van der Waals surface area contributed by atoms with Crippen molar-refractivity contribution in [1.82, 2.24) is 9.78 Å². The molecular formula is C25H23N3O4S. The van der Waals surface area contributed by atoms with Crippen molar-refractivity contribution in [2.45, 2.75) is 20.8 Å². The third-order valence-electron chi connectivity index (χ3n) is 5.29. The maximum absolute atomic E-state index is 13.1. The first kappa shape index (κ1) is 22.4. The number of thiophene rings is 1. The smallest absolute Gasteiger partial charge is 0.341 e. The Morgan fingerprint density at radius 2 is 1.79 bits per heavy atom. The molecule has 0 aliphatic heterocycles. The van der Waals surface area contributed by atoms with Gasteiger partial charge in [0.1, 0.15) is 10.6 Å². The second-order valence-electron chi connectivity index (χ2n) is 7.72. The highest BCUT2D eigenvalue weighted by Gasteiger charge is 2.25. The van der Waals surface area contributed by atoms with Crippen LogP contribution in [0.5, 0.6) is 0 Å².